The summed E-state index contributed by atoms with van der Waals surface area (Å²) in [6, 6.07) is 10.1. The molecule has 26 heavy (non-hydrogen) atoms. The predicted octanol–water partition coefficient (Wildman–Crippen LogP) is 4.73. The van der Waals surface area contributed by atoms with E-state index in [9.17, 15) is 4.79 Å². The van der Waals surface area contributed by atoms with Crippen LogP contribution in [0.3, 0.4) is 0 Å². The van der Waals surface area contributed by atoms with E-state index in [1.54, 1.807) is 7.11 Å². The molecular weight excluding hydrogens is 348 g/mol. The highest BCUT2D eigenvalue weighted by Crippen LogP contribution is 2.45. The summed E-state index contributed by atoms with van der Waals surface area (Å²) in [6.45, 7) is 4.26. The molecule has 1 amide bonds. The van der Waals surface area contributed by atoms with Gasteiger partial charge in [-0.1, -0.05) is 29.8 Å². The number of fused-ring (bicyclic) bond motifs is 1. The van der Waals surface area contributed by atoms with Crippen molar-refractivity contribution in [3.8, 4) is 5.75 Å². The topological polar surface area (TPSA) is 41.6 Å². The van der Waals surface area contributed by atoms with Crippen molar-refractivity contribution in [2.75, 3.05) is 30.4 Å². The normalized spacial score (nSPS) is 19.3. The van der Waals surface area contributed by atoms with E-state index in [1.807, 2.05) is 18.2 Å². The van der Waals surface area contributed by atoms with E-state index in [-0.39, 0.29) is 11.8 Å². The number of rotatable bonds is 3. The molecule has 0 saturated carbocycles. The summed E-state index contributed by atoms with van der Waals surface area (Å²) >= 11 is 6.57. The number of hydrogen-bond donors (Lipinski definition) is 1. The first-order valence-corrected chi connectivity index (χ1v) is 9.48. The summed E-state index contributed by atoms with van der Waals surface area (Å²) in [5.74, 6) is 0.609. The Kier molecular flexibility index (Phi) is 4.53. The number of anilines is 2. The van der Waals surface area contributed by atoms with E-state index in [2.05, 4.69) is 29.3 Å². The fourth-order valence-corrected chi connectivity index (χ4v) is 4.53. The van der Waals surface area contributed by atoms with Crippen LogP contribution in [0.5, 0.6) is 5.75 Å². The molecule has 1 atom stereocenters. The van der Waals surface area contributed by atoms with Crippen LogP contribution in [-0.2, 0) is 4.79 Å². The number of nitrogens with one attached hydrogen (secondary N) is 1. The number of benzene rings is 2. The molecule has 1 unspecified atom stereocenters. The Hall–Kier alpha value is -2.20. The summed E-state index contributed by atoms with van der Waals surface area (Å²) in [5, 5.41) is 3.69. The van der Waals surface area contributed by atoms with Gasteiger partial charge in [-0.05, 0) is 48.6 Å². The lowest BCUT2D eigenvalue weighted by Gasteiger charge is -2.31. The second kappa shape index (κ2) is 6.84. The van der Waals surface area contributed by atoms with Crippen LogP contribution in [0.4, 0.5) is 11.4 Å². The summed E-state index contributed by atoms with van der Waals surface area (Å²) in [4.78, 5) is 14.9. The molecule has 0 aliphatic carbocycles. The molecule has 1 N–H and O–H groups in total. The number of hydrogen-bond acceptors (Lipinski definition) is 3. The van der Waals surface area contributed by atoms with Gasteiger partial charge in [-0.15, -0.1) is 0 Å². The van der Waals surface area contributed by atoms with Crippen molar-refractivity contribution in [1.82, 2.24) is 0 Å². The average Bonchev–Trinajstić information content (AvgIpc) is 3.16. The molecule has 0 radical (unpaired) electrons. The fourth-order valence-electron chi connectivity index (χ4n) is 4.20. The maximum absolute atomic E-state index is 12.5. The molecule has 2 aliphatic rings. The van der Waals surface area contributed by atoms with Crippen molar-refractivity contribution in [3.05, 3.63) is 52.0 Å². The molecule has 136 valence electrons. The number of ether oxygens (including phenoxy) is 1. The van der Waals surface area contributed by atoms with Crippen LogP contribution in [0.1, 0.15) is 41.9 Å². The lowest BCUT2D eigenvalue weighted by Crippen LogP contribution is -2.26. The lowest BCUT2D eigenvalue weighted by molar-refractivity contribution is -0.116. The van der Waals surface area contributed by atoms with Crippen LogP contribution in [-0.4, -0.2) is 26.1 Å². The number of amides is 1. The average molecular weight is 371 g/mol. The highest BCUT2D eigenvalue weighted by molar-refractivity contribution is 6.33. The van der Waals surface area contributed by atoms with Crippen molar-refractivity contribution < 1.29 is 9.53 Å². The minimum absolute atomic E-state index is 0.0306. The van der Waals surface area contributed by atoms with Gasteiger partial charge in [0.25, 0.3) is 0 Å². The first kappa shape index (κ1) is 17.2. The molecule has 0 bridgehead atoms. The third-order valence-corrected chi connectivity index (χ3v) is 5.94. The van der Waals surface area contributed by atoms with Crippen LogP contribution in [0.15, 0.2) is 30.3 Å². The maximum Gasteiger partial charge on any atom is 0.225 e. The Morgan fingerprint density at radius 3 is 2.65 bits per heavy atom. The van der Waals surface area contributed by atoms with E-state index in [0.717, 1.165) is 35.5 Å². The van der Waals surface area contributed by atoms with Crippen LogP contribution in [0.25, 0.3) is 0 Å². The van der Waals surface area contributed by atoms with Crippen molar-refractivity contribution in [3.63, 3.8) is 0 Å². The monoisotopic (exact) mass is 370 g/mol. The maximum atomic E-state index is 12.5. The first-order valence-electron chi connectivity index (χ1n) is 9.11. The summed E-state index contributed by atoms with van der Waals surface area (Å²) in [5.41, 5.74) is 5.37. The second-order valence-corrected chi connectivity index (χ2v) is 7.41. The third kappa shape index (κ3) is 2.82. The van der Waals surface area contributed by atoms with Crippen LogP contribution in [0, 0.1) is 6.92 Å². The molecule has 5 heteroatoms. The van der Waals surface area contributed by atoms with Gasteiger partial charge in [0.2, 0.25) is 5.91 Å². The van der Waals surface area contributed by atoms with Gasteiger partial charge >= 0.3 is 0 Å². The van der Waals surface area contributed by atoms with Crippen LogP contribution < -0.4 is 15.0 Å². The predicted molar refractivity (Wildman–Crippen MR) is 106 cm³/mol. The van der Waals surface area contributed by atoms with Crippen molar-refractivity contribution >= 4 is 28.9 Å². The minimum atomic E-state index is -0.0623. The molecule has 4 rings (SSSR count). The Balaban J connectivity index is 1.81. The minimum Gasteiger partial charge on any atom is -0.495 e. The SMILES string of the molecule is COc1cccc(C2CC(=O)Nc3c2ccc(N2CCCC2)c3C)c1Cl. The number of carbonyl (C=O) groups is 1. The molecule has 2 aromatic rings. The largest absolute Gasteiger partial charge is 0.495 e. The summed E-state index contributed by atoms with van der Waals surface area (Å²) in [7, 11) is 1.61. The van der Waals surface area contributed by atoms with Crippen LogP contribution >= 0.6 is 11.6 Å². The first-order chi connectivity index (χ1) is 12.6. The van der Waals surface area contributed by atoms with Gasteiger partial charge in [0.05, 0.1) is 12.1 Å². The van der Waals surface area contributed by atoms with E-state index in [4.69, 9.17) is 16.3 Å². The highest BCUT2D eigenvalue weighted by Gasteiger charge is 2.31. The van der Waals surface area contributed by atoms with Gasteiger partial charge in [0.1, 0.15) is 5.75 Å². The smallest absolute Gasteiger partial charge is 0.225 e. The fraction of sp³-hybridized carbons (Fsp3) is 0.381. The number of nitrogens with zero attached hydrogens (tertiary/aromatic N) is 1. The van der Waals surface area contributed by atoms with Crippen molar-refractivity contribution in [1.29, 1.82) is 0 Å². The molecule has 0 spiro atoms. The quantitative estimate of drug-likeness (QED) is 0.849. The summed E-state index contributed by atoms with van der Waals surface area (Å²) < 4.78 is 5.36. The van der Waals surface area contributed by atoms with Crippen molar-refractivity contribution in [2.24, 2.45) is 0 Å². The molecule has 2 heterocycles. The van der Waals surface area contributed by atoms with Crippen LogP contribution in [0.2, 0.25) is 5.02 Å². The molecule has 1 saturated heterocycles. The highest BCUT2D eigenvalue weighted by atomic mass is 35.5. The Morgan fingerprint density at radius 1 is 1.15 bits per heavy atom. The van der Waals surface area contributed by atoms with E-state index in [0.29, 0.717) is 17.2 Å². The molecule has 1 fully saturated rings. The number of carbonyl (C=O) groups excluding carboxylic acids is 1. The number of methoxy groups -OCH3 is 1. The Morgan fingerprint density at radius 2 is 1.92 bits per heavy atom. The van der Waals surface area contributed by atoms with Gasteiger partial charge in [0, 0.05) is 36.8 Å². The molecular formula is C21H23ClN2O2. The summed E-state index contributed by atoms with van der Waals surface area (Å²) in [6.07, 6.45) is 2.85. The van der Waals surface area contributed by atoms with E-state index in [1.165, 1.54) is 18.5 Å². The van der Waals surface area contributed by atoms with Gasteiger partial charge in [-0.25, -0.2) is 0 Å². The Labute approximate surface area is 159 Å². The molecule has 4 nitrogen and oxygen atoms in total. The zero-order valence-electron chi connectivity index (χ0n) is 15.1. The van der Waals surface area contributed by atoms with Gasteiger partial charge in [0.15, 0.2) is 0 Å². The van der Waals surface area contributed by atoms with Gasteiger partial charge in [-0.2, -0.15) is 0 Å². The zero-order chi connectivity index (χ0) is 18.3. The van der Waals surface area contributed by atoms with E-state index >= 15 is 0 Å². The van der Waals surface area contributed by atoms with Crippen molar-refractivity contribution in [2.45, 2.75) is 32.1 Å². The lowest BCUT2D eigenvalue weighted by atomic mass is 9.83. The third-order valence-electron chi connectivity index (χ3n) is 5.53. The van der Waals surface area contributed by atoms with Gasteiger partial charge < -0.3 is 15.0 Å². The number of halogens is 1. The van der Waals surface area contributed by atoms with Gasteiger partial charge in [-0.3, -0.25) is 4.79 Å². The zero-order valence-corrected chi connectivity index (χ0v) is 15.9. The Bertz CT molecular complexity index is 859. The second-order valence-electron chi connectivity index (χ2n) is 7.04. The molecule has 0 aromatic heterocycles. The standard InChI is InChI=1S/C21H23ClN2O2/c1-13-17(24-10-3-4-11-24)9-8-15-16(12-19(25)23-21(13)15)14-6-5-7-18(26-2)20(14)22/h5-9,16H,3-4,10-12H2,1-2H3,(H,23,25). The molecule has 2 aliphatic heterocycles. The van der Waals surface area contributed by atoms with E-state index < -0.39 is 0 Å². The molecule has 2 aromatic carbocycles.